The Bertz CT molecular complexity index is 664. The largest absolute Gasteiger partial charge is 0.0836 e. The molecule has 0 aliphatic carbocycles. The molecule has 19 heavy (non-hydrogen) atoms. The zero-order valence-electron chi connectivity index (χ0n) is 8.88. The van der Waals surface area contributed by atoms with Gasteiger partial charge < -0.3 is 0 Å². The Morgan fingerprint density at radius 2 is 1.00 bits per heavy atom. The fourth-order valence-electron chi connectivity index (χ4n) is 1.55. The molecule has 0 radical (unpaired) electrons. The number of hydrogen-bond donors (Lipinski definition) is 0. The van der Waals surface area contributed by atoms with Crippen molar-refractivity contribution >= 4 is 81.2 Å². The molecule has 0 spiro atoms. The van der Waals surface area contributed by atoms with Gasteiger partial charge in [-0.05, 0) is 18.2 Å². The second kappa shape index (κ2) is 6.07. The Morgan fingerprint density at radius 1 is 0.474 bits per heavy atom. The molecular formula is C12H3Cl7. The molecule has 0 unspecified atom stereocenters. The minimum absolute atomic E-state index is 0.172. The predicted octanol–water partition coefficient (Wildman–Crippen LogP) is 7.93. The van der Waals surface area contributed by atoms with Crippen molar-refractivity contribution in [3.63, 3.8) is 0 Å². The molecule has 0 bridgehead atoms. The van der Waals surface area contributed by atoms with Gasteiger partial charge in [0.1, 0.15) is 0 Å². The second-order valence-electron chi connectivity index (χ2n) is 3.56. The Labute approximate surface area is 145 Å². The van der Waals surface area contributed by atoms with Crippen molar-refractivity contribution in [2.75, 3.05) is 0 Å². The maximum atomic E-state index is 6.17. The fraction of sp³-hybridized carbons (Fsp3) is 0. The van der Waals surface area contributed by atoms with Gasteiger partial charge in [-0.2, -0.15) is 0 Å². The molecule has 0 amide bonds. The van der Waals surface area contributed by atoms with Crippen molar-refractivity contribution in [3.05, 3.63) is 53.4 Å². The summed E-state index contributed by atoms with van der Waals surface area (Å²) in [5.41, 5.74) is 0.819. The van der Waals surface area contributed by atoms with Crippen LogP contribution in [0.3, 0.4) is 0 Å². The van der Waals surface area contributed by atoms with Gasteiger partial charge in [-0.3, -0.25) is 0 Å². The summed E-state index contributed by atoms with van der Waals surface area (Å²) in [5, 5.41) is 1.81. The minimum atomic E-state index is 0.172. The first kappa shape index (κ1) is 15.9. The van der Waals surface area contributed by atoms with Gasteiger partial charge >= 0.3 is 0 Å². The predicted molar refractivity (Wildman–Crippen MR) is 86.9 cm³/mol. The van der Waals surface area contributed by atoms with E-state index in [9.17, 15) is 0 Å². The van der Waals surface area contributed by atoms with Gasteiger partial charge in [-0.1, -0.05) is 81.2 Å². The molecule has 0 saturated heterocycles. The maximum Gasteiger partial charge on any atom is 0.0785 e. The van der Waals surface area contributed by atoms with E-state index in [2.05, 4.69) is 0 Å². The fourth-order valence-corrected chi connectivity index (χ4v) is 3.37. The van der Waals surface area contributed by atoms with E-state index in [-0.39, 0.29) is 25.1 Å². The van der Waals surface area contributed by atoms with Crippen LogP contribution >= 0.6 is 81.2 Å². The van der Waals surface area contributed by atoms with Crippen LogP contribution < -0.4 is 0 Å². The molecule has 0 fully saturated rings. The van der Waals surface area contributed by atoms with Gasteiger partial charge in [-0.25, -0.2) is 0 Å². The SMILES string of the molecule is Clc1cc(Cl)c(-c2c(Cl)ccc(Cl)c2Cl)c(Cl)c1Cl. The number of halogens is 7. The average molecular weight is 395 g/mol. The summed E-state index contributed by atoms with van der Waals surface area (Å²) in [6, 6.07) is 4.65. The molecule has 0 saturated carbocycles. The van der Waals surface area contributed by atoms with Crippen LogP contribution in [0.2, 0.25) is 35.2 Å². The van der Waals surface area contributed by atoms with Crippen molar-refractivity contribution in [2.45, 2.75) is 0 Å². The summed E-state index contributed by atoms with van der Waals surface area (Å²) in [4.78, 5) is 0. The molecule has 0 atom stereocenters. The summed E-state index contributed by atoms with van der Waals surface area (Å²) in [5.74, 6) is 0. The van der Waals surface area contributed by atoms with Crippen molar-refractivity contribution < 1.29 is 0 Å². The summed E-state index contributed by atoms with van der Waals surface area (Å²) >= 11 is 42.5. The van der Waals surface area contributed by atoms with Gasteiger partial charge in [-0.15, -0.1) is 0 Å². The van der Waals surface area contributed by atoms with E-state index in [4.69, 9.17) is 81.2 Å². The van der Waals surface area contributed by atoms with E-state index in [0.717, 1.165) is 0 Å². The Hall–Kier alpha value is 0.470. The summed E-state index contributed by atoms with van der Waals surface area (Å²) in [6.07, 6.45) is 0. The van der Waals surface area contributed by atoms with Crippen molar-refractivity contribution in [1.29, 1.82) is 0 Å². The van der Waals surface area contributed by atoms with E-state index < -0.39 is 0 Å². The number of rotatable bonds is 1. The van der Waals surface area contributed by atoms with Crippen LogP contribution in [0.1, 0.15) is 0 Å². The molecule has 0 nitrogen and oxygen atoms in total. The molecule has 0 aliphatic heterocycles. The Kier molecular flexibility index (Phi) is 5.07. The van der Waals surface area contributed by atoms with E-state index in [1.807, 2.05) is 0 Å². The highest BCUT2D eigenvalue weighted by atomic mass is 35.5. The molecule has 7 heteroatoms. The lowest BCUT2D eigenvalue weighted by Crippen LogP contribution is -1.88. The third-order valence-corrected chi connectivity index (χ3v) is 5.09. The molecular weight excluding hydrogens is 392 g/mol. The molecule has 0 aromatic heterocycles. The molecule has 0 heterocycles. The van der Waals surface area contributed by atoms with E-state index in [0.29, 0.717) is 21.2 Å². The van der Waals surface area contributed by atoms with Gasteiger partial charge in [0.2, 0.25) is 0 Å². The first-order chi connectivity index (χ1) is 8.84. The van der Waals surface area contributed by atoms with Gasteiger partial charge in [0, 0.05) is 11.1 Å². The smallest absolute Gasteiger partial charge is 0.0785 e. The summed E-state index contributed by atoms with van der Waals surface area (Å²) in [7, 11) is 0. The standard InChI is InChI=1S/C12H3Cl7/c13-4-1-2-5(14)10(17)8(4)9-6(15)3-7(16)11(18)12(9)19/h1-3H. The minimum Gasteiger partial charge on any atom is -0.0836 e. The molecule has 2 aromatic rings. The van der Waals surface area contributed by atoms with Crippen LogP contribution in [-0.2, 0) is 0 Å². The van der Waals surface area contributed by atoms with Crippen molar-refractivity contribution in [3.8, 4) is 11.1 Å². The lowest BCUT2D eigenvalue weighted by molar-refractivity contribution is 1.61. The van der Waals surface area contributed by atoms with E-state index in [1.165, 1.54) is 6.07 Å². The average Bonchev–Trinajstić information content (AvgIpc) is 2.35. The highest BCUT2D eigenvalue weighted by molar-refractivity contribution is 6.53. The molecule has 0 N–H and O–H groups in total. The van der Waals surface area contributed by atoms with Crippen molar-refractivity contribution in [2.24, 2.45) is 0 Å². The molecule has 100 valence electrons. The number of benzene rings is 2. The lowest BCUT2D eigenvalue weighted by Gasteiger charge is -2.14. The molecule has 2 rings (SSSR count). The summed E-state index contributed by atoms with van der Waals surface area (Å²) in [6.45, 7) is 0. The van der Waals surface area contributed by atoms with Crippen LogP contribution in [0, 0.1) is 0 Å². The molecule has 2 aromatic carbocycles. The van der Waals surface area contributed by atoms with Crippen LogP contribution in [-0.4, -0.2) is 0 Å². The van der Waals surface area contributed by atoms with E-state index in [1.54, 1.807) is 12.1 Å². The zero-order valence-corrected chi connectivity index (χ0v) is 14.2. The summed E-state index contributed by atoms with van der Waals surface area (Å²) < 4.78 is 0. The van der Waals surface area contributed by atoms with Crippen molar-refractivity contribution in [1.82, 2.24) is 0 Å². The quantitative estimate of drug-likeness (QED) is 0.340. The highest BCUT2D eigenvalue weighted by Gasteiger charge is 2.21. The zero-order chi connectivity index (χ0) is 14.3. The number of hydrogen-bond acceptors (Lipinski definition) is 0. The third-order valence-electron chi connectivity index (χ3n) is 2.41. The van der Waals surface area contributed by atoms with Crippen LogP contribution in [0.15, 0.2) is 18.2 Å². The first-order valence-electron chi connectivity index (χ1n) is 4.81. The highest BCUT2D eigenvalue weighted by Crippen LogP contribution is 2.48. The molecule has 0 aliphatic rings. The van der Waals surface area contributed by atoms with E-state index >= 15 is 0 Å². The maximum absolute atomic E-state index is 6.17. The Balaban J connectivity index is 2.88. The topological polar surface area (TPSA) is 0 Å². The van der Waals surface area contributed by atoms with Crippen LogP contribution in [0.25, 0.3) is 11.1 Å². The van der Waals surface area contributed by atoms with Gasteiger partial charge in [0.15, 0.2) is 0 Å². The van der Waals surface area contributed by atoms with Gasteiger partial charge in [0.05, 0.1) is 35.2 Å². The first-order valence-corrected chi connectivity index (χ1v) is 7.46. The monoisotopic (exact) mass is 392 g/mol. The normalized spacial score (nSPS) is 10.9. The van der Waals surface area contributed by atoms with Crippen LogP contribution in [0.4, 0.5) is 0 Å². The second-order valence-corrected chi connectivity index (χ2v) is 6.32. The van der Waals surface area contributed by atoms with Gasteiger partial charge in [0.25, 0.3) is 0 Å². The van der Waals surface area contributed by atoms with Crippen LogP contribution in [0.5, 0.6) is 0 Å². The Morgan fingerprint density at radius 3 is 1.63 bits per heavy atom. The third kappa shape index (κ3) is 2.91. The lowest BCUT2D eigenvalue weighted by atomic mass is 10.1.